The van der Waals surface area contributed by atoms with E-state index in [1.54, 1.807) is 31.2 Å². The molecule has 2 aliphatic rings. The molecule has 2 aliphatic heterocycles. The molecule has 11 heteroatoms. The van der Waals surface area contributed by atoms with Crippen molar-refractivity contribution in [2.24, 2.45) is 0 Å². The van der Waals surface area contributed by atoms with E-state index in [0.717, 1.165) is 17.4 Å². The average molecular weight is 488 g/mol. The third-order valence-corrected chi connectivity index (χ3v) is 6.38. The van der Waals surface area contributed by atoms with Crippen LogP contribution in [0.1, 0.15) is 58.2 Å². The minimum Gasteiger partial charge on any atom is -0.394 e. The molecule has 0 bridgehead atoms. The van der Waals surface area contributed by atoms with E-state index < -0.39 is 42.4 Å². The van der Waals surface area contributed by atoms with Crippen molar-refractivity contribution in [2.75, 3.05) is 19.8 Å². The molecule has 0 spiro atoms. The van der Waals surface area contributed by atoms with E-state index in [9.17, 15) is 29.4 Å². The van der Waals surface area contributed by atoms with Crippen LogP contribution in [-0.2, 0) is 9.47 Å². The van der Waals surface area contributed by atoms with E-state index in [1.165, 1.54) is 11.1 Å². The zero-order valence-corrected chi connectivity index (χ0v) is 19.4. The molecule has 1 fully saturated rings. The van der Waals surface area contributed by atoms with Gasteiger partial charge in [-0.15, -0.1) is 0 Å². The van der Waals surface area contributed by atoms with Crippen molar-refractivity contribution < 1.29 is 29.3 Å². The van der Waals surface area contributed by atoms with Gasteiger partial charge >= 0.3 is 5.69 Å². The van der Waals surface area contributed by atoms with Crippen molar-refractivity contribution in [3.63, 3.8) is 0 Å². The molecular weight excluding hydrogens is 458 g/mol. The maximum Gasteiger partial charge on any atom is 0.330 e. The summed E-state index contributed by atoms with van der Waals surface area (Å²) < 4.78 is 12.6. The molecule has 3 N–H and O–H groups in total. The summed E-state index contributed by atoms with van der Waals surface area (Å²) in [4.78, 5) is 52.2. The molecule has 1 saturated heterocycles. The largest absolute Gasteiger partial charge is 0.394 e. The van der Waals surface area contributed by atoms with Crippen LogP contribution in [0, 0.1) is 6.92 Å². The second kappa shape index (κ2) is 10.6. The Morgan fingerprint density at radius 2 is 1.69 bits per heavy atom. The van der Waals surface area contributed by atoms with Crippen molar-refractivity contribution in [1.29, 1.82) is 0 Å². The third-order valence-electron chi connectivity index (χ3n) is 6.38. The molecule has 1 aromatic carbocycles. The van der Waals surface area contributed by atoms with Crippen LogP contribution in [0.25, 0.3) is 0 Å². The third kappa shape index (κ3) is 4.98. The Morgan fingerprint density at radius 3 is 2.34 bits per heavy atom. The number of imide groups is 1. The normalized spacial score (nSPS) is 23.8. The number of carbonyl (C=O) groups is 2. The predicted octanol–water partition coefficient (Wildman–Crippen LogP) is 0.337. The quantitative estimate of drug-likeness (QED) is 0.321. The van der Waals surface area contributed by atoms with Gasteiger partial charge in [0.05, 0.1) is 17.7 Å². The highest BCUT2D eigenvalue weighted by Crippen LogP contribution is 2.31. The number of aromatic amines is 1. The number of aliphatic hydroxyl groups is 2. The SMILES string of the molecule is Cc1cn(C2OC(CO)C(O)C2OCCCCCCN2C(=O)c3ccccc3C2=O)c(=O)[nH]c1=O. The summed E-state index contributed by atoms with van der Waals surface area (Å²) in [6, 6.07) is 6.79. The van der Waals surface area contributed by atoms with E-state index in [1.807, 2.05) is 0 Å². The van der Waals surface area contributed by atoms with Gasteiger partial charge in [0, 0.05) is 24.9 Å². The Morgan fingerprint density at radius 1 is 1.03 bits per heavy atom. The molecule has 0 radical (unpaired) electrons. The smallest absolute Gasteiger partial charge is 0.330 e. The number of benzene rings is 1. The zero-order valence-electron chi connectivity index (χ0n) is 19.4. The number of nitrogens with zero attached hydrogens (tertiary/aromatic N) is 2. The Kier molecular flexibility index (Phi) is 7.60. The summed E-state index contributed by atoms with van der Waals surface area (Å²) in [6.45, 7) is 1.70. The lowest BCUT2D eigenvalue weighted by atomic mass is 10.1. The monoisotopic (exact) mass is 487 g/mol. The first-order chi connectivity index (χ1) is 16.8. The van der Waals surface area contributed by atoms with E-state index >= 15 is 0 Å². The van der Waals surface area contributed by atoms with Crippen LogP contribution in [0.3, 0.4) is 0 Å². The molecule has 3 heterocycles. The highest BCUT2D eigenvalue weighted by molar-refractivity contribution is 6.21. The summed E-state index contributed by atoms with van der Waals surface area (Å²) in [5.74, 6) is -0.525. The number of carbonyl (C=O) groups excluding carboxylic acids is 2. The fraction of sp³-hybridized carbons (Fsp3) is 0.500. The summed E-state index contributed by atoms with van der Waals surface area (Å²) in [6.07, 6.45) is 0.173. The number of H-pyrrole nitrogens is 1. The number of aliphatic hydroxyl groups excluding tert-OH is 2. The summed E-state index contributed by atoms with van der Waals surface area (Å²) >= 11 is 0. The number of fused-ring (bicyclic) bond motifs is 1. The van der Waals surface area contributed by atoms with Gasteiger partial charge in [-0.1, -0.05) is 25.0 Å². The maximum absolute atomic E-state index is 12.4. The molecule has 188 valence electrons. The number of ether oxygens (including phenoxy) is 2. The number of amides is 2. The average Bonchev–Trinajstić information content (AvgIpc) is 3.29. The molecule has 2 aromatic rings. The van der Waals surface area contributed by atoms with Crippen molar-refractivity contribution in [1.82, 2.24) is 14.5 Å². The zero-order chi connectivity index (χ0) is 25.1. The van der Waals surface area contributed by atoms with Crippen LogP contribution in [0.4, 0.5) is 0 Å². The number of hydrogen-bond acceptors (Lipinski definition) is 8. The highest BCUT2D eigenvalue weighted by Gasteiger charge is 2.45. The van der Waals surface area contributed by atoms with Gasteiger partial charge in [0.1, 0.15) is 18.3 Å². The Hall–Kier alpha value is -3.12. The van der Waals surface area contributed by atoms with E-state index in [2.05, 4.69) is 4.98 Å². The topological polar surface area (TPSA) is 151 Å². The fourth-order valence-electron chi connectivity index (χ4n) is 4.44. The Labute approximate surface area is 200 Å². The molecule has 4 unspecified atom stereocenters. The highest BCUT2D eigenvalue weighted by atomic mass is 16.6. The lowest BCUT2D eigenvalue weighted by Crippen LogP contribution is -2.40. The molecule has 2 amide bonds. The number of aromatic nitrogens is 2. The molecule has 4 rings (SSSR count). The first-order valence-electron chi connectivity index (χ1n) is 11.7. The standard InChI is InChI=1S/C24H29N3O8/c1-14-12-27(24(33)25-20(14)30)23-19(18(29)17(13-28)35-23)34-11-7-3-2-6-10-26-21(31)15-8-4-5-9-16(15)22(26)32/h4-5,8-9,12,17-19,23,28-29H,2-3,6-7,10-11,13H2,1H3,(H,25,30,33). The fourth-order valence-corrected chi connectivity index (χ4v) is 4.44. The predicted molar refractivity (Wildman–Crippen MR) is 123 cm³/mol. The van der Waals surface area contributed by atoms with Crippen LogP contribution in [0.15, 0.2) is 40.1 Å². The van der Waals surface area contributed by atoms with Crippen molar-refractivity contribution in [2.45, 2.75) is 57.1 Å². The van der Waals surface area contributed by atoms with Gasteiger partial charge in [-0.2, -0.15) is 0 Å². The molecule has 11 nitrogen and oxygen atoms in total. The van der Waals surface area contributed by atoms with Crippen molar-refractivity contribution in [3.8, 4) is 0 Å². The summed E-state index contributed by atoms with van der Waals surface area (Å²) in [5, 5.41) is 20.0. The number of nitrogens with one attached hydrogen (secondary N) is 1. The van der Waals surface area contributed by atoms with Gasteiger partial charge in [0.15, 0.2) is 6.23 Å². The minimum atomic E-state index is -1.15. The van der Waals surface area contributed by atoms with Crippen LogP contribution in [-0.4, -0.2) is 74.5 Å². The van der Waals surface area contributed by atoms with Crippen LogP contribution >= 0.6 is 0 Å². The molecule has 1 aromatic heterocycles. The Bertz CT molecular complexity index is 1170. The number of aryl methyl sites for hydroxylation is 1. The molecule has 35 heavy (non-hydrogen) atoms. The van der Waals surface area contributed by atoms with E-state index in [-0.39, 0.29) is 18.4 Å². The number of rotatable bonds is 10. The molecule has 0 saturated carbocycles. The van der Waals surface area contributed by atoms with Gasteiger partial charge < -0.3 is 19.7 Å². The second-order valence-corrected chi connectivity index (χ2v) is 8.77. The van der Waals surface area contributed by atoms with Gasteiger partial charge in [-0.05, 0) is 31.9 Å². The van der Waals surface area contributed by atoms with E-state index in [4.69, 9.17) is 9.47 Å². The first kappa shape index (κ1) is 25.0. The van der Waals surface area contributed by atoms with Gasteiger partial charge in [0.2, 0.25) is 0 Å². The summed E-state index contributed by atoms with van der Waals surface area (Å²) in [5.41, 5.74) is -0.0289. The van der Waals surface area contributed by atoms with Crippen LogP contribution < -0.4 is 11.2 Å². The maximum atomic E-state index is 12.4. The molecule has 4 atom stereocenters. The minimum absolute atomic E-state index is 0.263. The van der Waals surface area contributed by atoms with Crippen molar-refractivity contribution in [3.05, 3.63) is 68.0 Å². The number of unbranched alkanes of at least 4 members (excludes halogenated alkanes) is 3. The Balaban J connectivity index is 1.26. The lowest BCUT2D eigenvalue weighted by molar-refractivity contribution is -0.0750. The lowest BCUT2D eigenvalue weighted by Gasteiger charge is -2.22. The first-order valence-corrected chi connectivity index (χ1v) is 11.7. The summed E-state index contributed by atoms with van der Waals surface area (Å²) in [7, 11) is 0. The number of hydrogen-bond donors (Lipinski definition) is 3. The molecular formula is C24H29N3O8. The second-order valence-electron chi connectivity index (χ2n) is 8.77. The van der Waals surface area contributed by atoms with E-state index in [0.29, 0.717) is 36.1 Å². The van der Waals surface area contributed by atoms with Crippen molar-refractivity contribution >= 4 is 11.8 Å². The van der Waals surface area contributed by atoms with Gasteiger partial charge in [-0.3, -0.25) is 28.8 Å². The van der Waals surface area contributed by atoms with Crippen LogP contribution in [0.2, 0.25) is 0 Å². The molecule has 0 aliphatic carbocycles. The van der Waals surface area contributed by atoms with Gasteiger partial charge in [-0.25, -0.2) is 4.79 Å². The van der Waals surface area contributed by atoms with Gasteiger partial charge in [0.25, 0.3) is 17.4 Å². The van der Waals surface area contributed by atoms with Crippen LogP contribution in [0.5, 0.6) is 0 Å².